The van der Waals surface area contributed by atoms with E-state index in [2.05, 4.69) is 4.98 Å². The summed E-state index contributed by atoms with van der Waals surface area (Å²) in [5.41, 5.74) is 1.59. The molecule has 3 heterocycles. The third-order valence-corrected chi connectivity index (χ3v) is 6.08. The number of benzene rings is 1. The highest BCUT2D eigenvalue weighted by molar-refractivity contribution is 7.98. The van der Waals surface area contributed by atoms with Crippen molar-refractivity contribution >= 4 is 34.0 Å². The van der Waals surface area contributed by atoms with Crippen molar-refractivity contribution in [1.29, 1.82) is 0 Å². The minimum Gasteiger partial charge on any atom is -0.440 e. The molecule has 7 heteroatoms. The van der Waals surface area contributed by atoms with Crippen molar-refractivity contribution in [1.82, 2.24) is 14.5 Å². The van der Waals surface area contributed by atoms with Gasteiger partial charge in [0.25, 0.3) is 5.56 Å². The van der Waals surface area contributed by atoms with Gasteiger partial charge in [0.2, 0.25) is 5.89 Å². The summed E-state index contributed by atoms with van der Waals surface area (Å²) in [6.07, 6.45) is 0. The zero-order valence-electron chi connectivity index (χ0n) is 15.3. The van der Waals surface area contributed by atoms with E-state index < -0.39 is 0 Å². The van der Waals surface area contributed by atoms with E-state index in [-0.39, 0.29) is 11.6 Å². The summed E-state index contributed by atoms with van der Waals surface area (Å²) >= 11 is 3.12. The Hall–Kier alpha value is -2.38. The topological polar surface area (TPSA) is 60.9 Å². The molecule has 0 saturated heterocycles. The van der Waals surface area contributed by atoms with Gasteiger partial charge in [0, 0.05) is 11.8 Å². The highest BCUT2D eigenvalue weighted by atomic mass is 32.2. The number of para-hydroxylation sites is 1. The number of rotatable bonds is 5. The molecule has 4 rings (SSSR count). The number of hydrogen-bond acceptors (Lipinski definition) is 6. The highest BCUT2D eigenvalue weighted by Crippen LogP contribution is 2.29. The summed E-state index contributed by atoms with van der Waals surface area (Å²) in [4.78, 5) is 23.3. The molecule has 0 atom stereocenters. The third-order valence-electron chi connectivity index (χ3n) is 4.25. The van der Waals surface area contributed by atoms with Crippen LogP contribution < -0.4 is 5.56 Å². The first kappa shape index (κ1) is 18.0. The summed E-state index contributed by atoms with van der Waals surface area (Å²) in [6, 6.07) is 11.5. The van der Waals surface area contributed by atoms with Crippen LogP contribution in [0.1, 0.15) is 31.3 Å². The molecule has 0 bridgehead atoms. The lowest BCUT2D eigenvalue weighted by Gasteiger charge is -2.15. The van der Waals surface area contributed by atoms with Crippen molar-refractivity contribution in [2.45, 2.75) is 37.7 Å². The monoisotopic (exact) mass is 397 g/mol. The third kappa shape index (κ3) is 3.44. The maximum atomic E-state index is 12.9. The summed E-state index contributed by atoms with van der Waals surface area (Å²) in [5.74, 6) is 2.04. The van der Waals surface area contributed by atoms with E-state index in [4.69, 9.17) is 9.40 Å². The van der Waals surface area contributed by atoms with Gasteiger partial charge in [-0.05, 0) is 44.4 Å². The van der Waals surface area contributed by atoms with Crippen molar-refractivity contribution in [3.8, 4) is 10.8 Å². The molecule has 27 heavy (non-hydrogen) atoms. The van der Waals surface area contributed by atoms with Gasteiger partial charge in [0.05, 0.1) is 21.5 Å². The molecule has 0 radical (unpaired) electrons. The molecule has 0 N–H and O–H groups in total. The Bertz CT molecular complexity index is 1140. The fourth-order valence-electron chi connectivity index (χ4n) is 2.88. The molecule has 138 valence electrons. The first-order valence-electron chi connectivity index (χ1n) is 8.69. The first-order chi connectivity index (χ1) is 13.0. The quantitative estimate of drug-likeness (QED) is 0.338. The summed E-state index contributed by atoms with van der Waals surface area (Å²) in [6.45, 7) is 5.92. The maximum Gasteiger partial charge on any atom is 0.262 e. The predicted octanol–water partition coefficient (Wildman–Crippen LogP) is 5.29. The SMILES string of the molecule is Cc1oc(-c2cccs2)nc1CSc1nc2ccccc2c(=O)n1C(C)C. The molecule has 4 aromatic rings. The summed E-state index contributed by atoms with van der Waals surface area (Å²) in [5, 5.41) is 3.35. The number of thioether (sulfide) groups is 1. The van der Waals surface area contributed by atoms with Gasteiger partial charge in [-0.15, -0.1) is 11.3 Å². The zero-order chi connectivity index (χ0) is 19.0. The van der Waals surface area contributed by atoms with Crippen LogP contribution in [0, 0.1) is 6.92 Å². The number of fused-ring (bicyclic) bond motifs is 1. The Morgan fingerprint density at radius 2 is 2.00 bits per heavy atom. The maximum absolute atomic E-state index is 12.9. The lowest BCUT2D eigenvalue weighted by Crippen LogP contribution is -2.25. The Labute approximate surface area is 165 Å². The second-order valence-corrected chi connectivity index (χ2v) is 8.36. The molecular formula is C20H19N3O2S2. The second kappa shape index (κ2) is 7.32. The van der Waals surface area contributed by atoms with Gasteiger partial charge in [-0.1, -0.05) is 30.0 Å². The molecule has 0 aliphatic carbocycles. The molecule has 0 fully saturated rings. The van der Waals surface area contributed by atoms with Gasteiger partial charge >= 0.3 is 0 Å². The lowest BCUT2D eigenvalue weighted by atomic mass is 10.2. The van der Waals surface area contributed by atoms with Crippen LogP contribution in [0.3, 0.4) is 0 Å². The van der Waals surface area contributed by atoms with Crippen LogP contribution in [0.4, 0.5) is 0 Å². The van der Waals surface area contributed by atoms with Gasteiger partial charge in [-0.25, -0.2) is 9.97 Å². The molecule has 0 spiro atoms. The Morgan fingerprint density at radius 3 is 2.74 bits per heavy atom. The van der Waals surface area contributed by atoms with Crippen LogP contribution in [0.2, 0.25) is 0 Å². The van der Waals surface area contributed by atoms with E-state index >= 15 is 0 Å². The first-order valence-corrected chi connectivity index (χ1v) is 10.6. The molecule has 0 saturated carbocycles. The molecular weight excluding hydrogens is 378 g/mol. The minimum atomic E-state index is -0.00532. The standard InChI is InChI=1S/C20H19N3O2S2/c1-12(2)23-19(24)14-7-4-5-8-15(14)22-20(23)27-11-16-13(3)25-18(21-16)17-9-6-10-26-17/h4-10,12H,11H2,1-3H3. The minimum absolute atomic E-state index is 0.00532. The van der Waals surface area contributed by atoms with Gasteiger partial charge in [-0.2, -0.15) is 0 Å². The van der Waals surface area contributed by atoms with E-state index in [0.29, 0.717) is 22.2 Å². The molecule has 0 aliphatic rings. The highest BCUT2D eigenvalue weighted by Gasteiger charge is 2.17. The van der Waals surface area contributed by atoms with Crippen molar-refractivity contribution < 1.29 is 4.42 Å². The van der Waals surface area contributed by atoms with Gasteiger partial charge in [-0.3, -0.25) is 9.36 Å². The van der Waals surface area contributed by atoms with Gasteiger partial charge in [0.15, 0.2) is 5.16 Å². The van der Waals surface area contributed by atoms with E-state index in [1.807, 2.05) is 62.5 Å². The largest absolute Gasteiger partial charge is 0.440 e. The normalized spacial score (nSPS) is 11.6. The molecule has 0 aliphatic heterocycles. The number of hydrogen-bond donors (Lipinski definition) is 0. The van der Waals surface area contributed by atoms with E-state index in [0.717, 1.165) is 21.8 Å². The molecule has 0 amide bonds. The second-order valence-electron chi connectivity index (χ2n) is 6.47. The smallest absolute Gasteiger partial charge is 0.262 e. The summed E-state index contributed by atoms with van der Waals surface area (Å²) < 4.78 is 7.57. The summed E-state index contributed by atoms with van der Waals surface area (Å²) in [7, 11) is 0. The molecule has 0 unspecified atom stereocenters. The molecule has 3 aromatic heterocycles. The number of thiophene rings is 1. The molecule has 1 aromatic carbocycles. The van der Waals surface area contributed by atoms with Gasteiger partial charge in [0.1, 0.15) is 5.76 Å². The van der Waals surface area contributed by atoms with Crippen molar-refractivity contribution in [3.05, 3.63) is 63.6 Å². The Balaban J connectivity index is 1.68. The fraction of sp³-hybridized carbons (Fsp3) is 0.250. The molecule has 5 nitrogen and oxygen atoms in total. The van der Waals surface area contributed by atoms with Crippen molar-refractivity contribution in [3.63, 3.8) is 0 Å². The van der Waals surface area contributed by atoms with E-state index in [1.165, 1.54) is 11.8 Å². The van der Waals surface area contributed by atoms with Crippen LogP contribution >= 0.6 is 23.1 Å². The number of aryl methyl sites for hydroxylation is 1. The number of nitrogens with zero attached hydrogens (tertiary/aromatic N) is 3. The van der Waals surface area contributed by atoms with Crippen LogP contribution in [-0.2, 0) is 5.75 Å². The van der Waals surface area contributed by atoms with Crippen LogP contribution in [0.25, 0.3) is 21.7 Å². The van der Waals surface area contributed by atoms with Crippen molar-refractivity contribution in [2.75, 3.05) is 0 Å². The lowest BCUT2D eigenvalue weighted by molar-refractivity contribution is 0.519. The average Bonchev–Trinajstić information content (AvgIpc) is 3.29. The van der Waals surface area contributed by atoms with E-state index in [1.54, 1.807) is 15.9 Å². The number of oxazole rings is 1. The van der Waals surface area contributed by atoms with Crippen molar-refractivity contribution in [2.24, 2.45) is 0 Å². The fourth-order valence-corrected chi connectivity index (χ4v) is 4.66. The average molecular weight is 398 g/mol. The predicted molar refractivity (Wildman–Crippen MR) is 111 cm³/mol. The van der Waals surface area contributed by atoms with Crippen LogP contribution in [0.5, 0.6) is 0 Å². The Kier molecular flexibility index (Phi) is 4.88. The van der Waals surface area contributed by atoms with E-state index in [9.17, 15) is 4.79 Å². The van der Waals surface area contributed by atoms with Crippen LogP contribution in [-0.4, -0.2) is 14.5 Å². The van der Waals surface area contributed by atoms with Gasteiger partial charge < -0.3 is 4.42 Å². The van der Waals surface area contributed by atoms with Crippen LogP contribution in [0.15, 0.2) is 56.1 Å². The number of aromatic nitrogens is 3. The Morgan fingerprint density at radius 1 is 1.19 bits per heavy atom. The zero-order valence-corrected chi connectivity index (χ0v) is 16.9.